The zero-order valence-corrected chi connectivity index (χ0v) is 10.4. The molecule has 92 valence electrons. The molecule has 1 fully saturated rings. The summed E-state index contributed by atoms with van der Waals surface area (Å²) in [5, 5.41) is 1.19. The average molecular weight is 254 g/mol. The van der Waals surface area contributed by atoms with Crippen LogP contribution in [0.2, 0.25) is 0 Å². The van der Waals surface area contributed by atoms with Crippen LogP contribution < -0.4 is 0 Å². The second-order valence-corrected chi connectivity index (χ2v) is 4.14. The molecule has 0 aliphatic carbocycles. The fraction of sp³-hybridized carbons (Fsp3) is 0.385. The Morgan fingerprint density at radius 3 is 2.65 bits per heavy atom. The minimum Gasteiger partial charge on any atom is -0.460 e. The highest BCUT2D eigenvalue weighted by atomic mass is 35.5. The fourth-order valence-electron chi connectivity index (χ4n) is 2.09. The van der Waals surface area contributed by atoms with Gasteiger partial charge in [0.2, 0.25) is 0 Å². The number of ether oxygens (including phenoxy) is 1. The SMILES string of the molecule is Cl.c1ccc2oc(CN3CCOCC3)cc2c1. The summed E-state index contributed by atoms with van der Waals surface area (Å²) in [5.41, 5.74) is 0.978. The summed E-state index contributed by atoms with van der Waals surface area (Å²) in [7, 11) is 0. The van der Waals surface area contributed by atoms with Crippen molar-refractivity contribution in [2.45, 2.75) is 6.54 Å². The van der Waals surface area contributed by atoms with Crippen LogP contribution in [-0.2, 0) is 11.3 Å². The summed E-state index contributed by atoms with van der Waals surface area (Å²) in [6.45, 7) is 4.55. The minimum absolute atomic E-state index is 0. The Kier molecular flexibility index (Phi) is 4.05. The molecule has 1 aromatic heterocycles. The van der Waals surface area contributed by atoms with Crippen molar-refractivity contribution >= 4 is 23.4 Å². The Hall–Kier alpha value is -1.03. The smallest absolute Gasteiger partial charge is 0.134 e. The van der Waals surface area contributed by atoms with Gasteiger partial charge in [-0.05, 0) is 12.1 Å². The molecule has 0 saturated carbocycles. The van der Waals surface area contributed by atoms with Crippen LogP contribution in [0, 0.1) is 0 Å². The van der Waals surface area contributed by atoms with Gasteiger partial charge in [0, 0.05) is 18.5 Å². The van der Waals surface area contributed by atoms with Gasteiger partial charge in [0.05, 0.1) is 19.8 Å². The quantitative estimate of drug-likeness (QED) is 0.823. The van der Waals surface area contributed by atoms with Gasteiger partial charge in [0.15, 0.2) is 0 Å². The molecule has 0 atom stereocenters. The van der Waals surface area contributed by atoms with Crippen molar-refractivity contribution in [2.24, 2.45) is 0 Å². The number of hydrogen-bond donors (Lipinski definition) is 0. The van der Waals surface area contributed by atoms with E-state index in [0.29, 0.717) is 0 Å². The molecular weight excluding hydrogens is 238 g/mol. The van der Waals surface area contributed by atoms with Gasteiger partial charge >= 0.3 is 0 Å². The molecule has 17 heavy (non-hydrogen) atoms. The number of hydrogen-bond acceptors (Lipinski definition) is 3. The van der Waals surface area contributed by atoms with Crippen LogP contribution in [0.1, 0.15) is 5.76 Å². The van der Waals surface area contributed by atoms with Crippen molar-refractivity contribution in [1.29, 1.82) is 0 Å². The highest BCUT2D eigenvalue weighted by Gasteiger charge is 2.12. The van der Waals surface area contributed by atoms with Gasteiger partial charge < -0.3 is 9.15 Å². The molecule has 3 rings (SSSR count). The van der Waals surface area contributed by atoms with E-state index in [1.807, 2.05) is 18.2 Å². The number of fused-ring (bicyclic) bond motifs is 1. The third-order valence-corrected chi connectivity index (χ3v) is 2.96. The zero-order chi connectivity index (χ0) is 10.8. The molecule has 0 amide bonds. The number of benzene rings is 1. The first-order valence-electron chi connectivity index (χ1n) is 5.69. The summed E-state index contributed by atoms with van der Waals surface area (Å²) in [4.78, 5) is 2.36. The van der Waals surface area contributed by atoms with Crippen molar-refractivity contribution in [3.05, 3.63) is 36.1 Å². The van der Waals surface area contributed by atoms with Crippen molar-refractivity contribution in [3.8, 4) is 0 Å². The summed E-state index contributed by atoms with van der Waals surface area (Å²) in [6, 6.07) is 10.3. The molecule has 3 nitrogen and oxygen atoms in total. The Balaban J connectivity index is 0.00000108. The number of halogens is 1. The van der Waals surface area contributed by atoms with Crippen LogP contribution >= 0.6 is 12.4 Å². The van der Waals surface area contributed by atoms with E-state index in [0.717, 1.165) is 44.2 Å². The third kappa shape index (κ3) is 2.80. The van der Waals surface area contributed by atoms with Crippen molar-refractivity contribution in [2.75, 3.05) is 26.3 Å². The van der Waals surface area contributed by atoms with Crippen molar-refractivity contribution < 1.29 is 9.15 Å². The number of para-hydroxylation sites is 1. The maximum atomic E-state index is 5.79. The predicted molar refractivity (Wildman–Crippen MR) is 69.6 cm³/mol. The second-order valence-electron chi connectivity index (χ2n) is 4.14. The molecule has 1 saturated heterocycles. The lowest BCUT2D eigenvalue weighted by atomic mass is 10.2. The second kappa shape index (κ2) is 5.54. The fourth-order valence-corrected chi connectivity index (χ4v) is 2.09. The summed E-state index contributed by atoms with van der Waals surface area (Å²) in [6.07, 6.45) is 0. The van der Waals surface area contributed by atoms with Gasteiger partial charge in [-0.15, -0.1) is 12.4 Å². The van der Waals surface area contributed by atoms with E-state index < -0.39 is 0 Å². The average Bonchev–Trinajstić information content (AvgIpc) is 2.72. The maximum Gasteiger partial charge on any atom is 0.134 e. The molecule has 2 heterocycles. The molecule has 0 spiro atoms. The minimum atomic E-state index is 0. The molecule has 0 unspecified atom stereocenters. The van der Waals surface area contributed by atoms with E-state index in [9.17, 15) is 0 Å². The zero-order valence-electron chi connectivity index (χ0n) is 9.59. The summed E-state index contributed by atoms with van der Waals surface area (Å²) >= 11 is 0. The lowest BCUT2D eigenvalue weighted by Crippen LogP contribution is -2.35. The van der Waals surface area contributed by atoms with E-state index in [2.05, 4.69) is 17.0 Å². The van der Waals surface area contributed by atoms with Gasteiger partial charge in [0.1, 0.15) is 11.3 Å². The monoisotopic (exact) mass is 253 g/mol. The topological polar surface area (TPSA) is 25.6 Å². The Morgan fingerprint density at radius 1 is 1.12 bits per heavy atom. The first-order valence-corrected chi connectivity index (χ1v) is 5.69. The normalized spacial score (nSPS) is 16.9. The van der Waals surface area contributed by atoms with Crippen LogP contribution in [-0.4, -0.2) is 31.2 Å². The van der Waals surface area contributed by atoms with Crippen molar-refractivity contribution in [1.82, 2.24) is 4.90 Å². The van der Waals surface area contributed by atoms with Gasteiger partial charge in [-0.3, -0.25) is 4.90 Å². The molecule has 0 bridgehead atoms. The van der Waals surface area contributed by atoms with Crippen LogP contribution in [0.3, 0.4) is 0 Å². The van der Waals surface area contributed by atoms with Gasteiger partial charge in [-0.1, -0.05) is 18.2 Å². The van der Waals surface area contributed by atoms with Crippen LogP contribution in [0.5, 0.6) is 0 Å². The number of morpholine rings is 1. The number of nitrogens with zero attached hydrogens (tertiary/aromatic N) is 1. The summed E-state index contributed by atoms with van der Waals surface area (Å²) in [5.74, 6) is 1.04. The number of furan rings is 1. The first kappa shape index (κ1) is 12.4. The molecule has 1 aliphatic rings. The van der Waals surface area contributed by atoms with E-state index in [-0.39, 0.29) is 12.4 Å². The standard InChI is InChI=1S/C13H15NO2.ClH/c1-2-4-13-11(3-1)9-12(16-13)10-14-5-7-15-8-6-14;/h1-4,9H,5-8,10H2;1H. The Morgan fingerprint density at radius 2 is 1.88 bits per heavy atom. The first-order chi connectivity index (χ1) is 7.92. The highest BCUT2D eigenvalue weighted by molar-refractivity contribution is 5.85. The van der Waals surface area contributed by atoms with Crippen LogP contribution in [0.25, 0.3) is 11.0 Å². The number of rotatable bonds is 2. The molecule has 0 N–H and O–H groups in total. The molecule has 1 aromatic carbocycles. The van der Waals surface area contributed by atoms with E-state index in [1.165, 1.54) is 5.39 Å². The molecule has 4 heteroatoms. The van der Waals surface area contributed by atoms with Gasteiger partial charge in [-0.2, -0.15) is 0 Å². The Labute approximate surface area is 107 Å². The molecule has 2 aromatic rings. The maximum absolute atomic E-state index is 5.79. The van der Waals surface area contributed by atoms with Crippen molar-refractivity contribution in [3.63, 3.8) is 0 Å². The summed E-state index contributed by atoms with van der Waals surface area (Å²) < 4.78 is 11.1. The molecule has 0 radical (unpaired) electrons. The molecule has 1 aliphatic heterocycles. The highest BCUT2D eigenvalue weighted by Crippen LogP contribution is 2.20. The lowest BCUT2D eigenvalue weighted by molar-refractivity contribution is 0.0315. The largest absolute Gasteiger partial charge is 0.460 e. The predicted octanol–water partition coefficient (Wildman–Crippen LogP) is 2.69. The Bertz CT molecular complexity index is 444. The van der Waals surface area contributed by atoms with E-state index in [1.54, 1.807) is 0 Å². The van der Waals surface area contributed by atoms with Crippen LogP contribution in [0.15, 0.2) is 34.7 Å². The van der Waals surface area contributed by atoms with Gasteiger partial charge in [-0.25, -0.2) is 0 Å². The van der Waals surface area contributed by atoms with Crippen LogP contribution in [0.4, 0.5) is 0 Å². The third-order valence-electron chi connectivity index (χ3n) is 2.96. The molecular formula is C13H16ClNO2. The van der Waals surface area contributed by atoms with Gasteiger partial charge in [0.25, 0.3) is 0 Å². The lowest BCUT2D eigenvalue weighted by Gasteiger charge is -2.25. The van der Waals surface area contributed by atoms with E-state index in [4.69, 9.17) is 9.15 Å². The van der Waals surface area contributed by atoms with E-state index >= 15 is 0 Å².